The quantitative estimate of drug-likeness (QED) is 0.877. The maximum atomic E-state index is 13.1. The van der Waals surface area contributed by atoms with E-state index in [1.165, 1.54) is 24.3 Å². The zero-order valence-corrected chi connectivity index (χ0v) is 13.2. The fraction of sp³-hybridized carbons (Fsp3) is 0.158. The maximum absolute atomic E-state index is 13.1. The number of carbonyl (C=O) groups excluding carboxylic acids is 2. The van der Waals surface area contributed by atoms with Crippen molar-refractivity contribution in [2.45, 2.75) is 12.5 Å². The smallest absolute Gasteiger partial charge is 0.319 e. The van der Waals surface area contributed by atoms with Gasteiger partial charge in [0, 0.05) is 6.54 Å². The molecule has 1 aliphatic rings. The van der Waals surface area contributed by atoms with Crippen molar-refractivity contribution in [2.24, 2.45) is 0 Å². The van der Waals surface area contributed by atoms with E-state index < -0.39 is 11.6 Å². The van der Waals surface area contributed by atoms with Crippen molar-refractivity contribution >= 4 is 18.0 Å². The first-order valence-electron chi connectivity index (χ1n) is 7.62. The van der Waals surface area contributed by atoms with E-state index in [-0.39, 0.29) is 18.3 Å². The molecule has 4 nitrogen and oxygen atoms in total. The summed E-state index contributed by atoms with van der Waals surface area (Å²) in [4.78, 5) is 26.0. The lowest BCUT2D eigenvalue weighted by Crippen LogP contribution is -2.40. The largest absolute Gasteiger partial charge is 0.325 e. The average molecular weight is 324 g/mol. The third-order valence-corrected chi connectivity index (χ3v) is 4.09. The van der Waals surface area contributed by atoms with Gasteiger partial charge in [-0.05, 0) is 30.2 Å². The van der Waals surface area contributed by atoms with Gasteiger partial charge in [-0.1, -0.05) is 54.6 Å². The number of amides is 3. The van der Waals surface area contributed by atoms with E-state index in [9.17, 15) is 14.0 Å². The Kier molecular flexibility index (Phi) is 4.16. The highest BCUT2D eigenvalue weighted by Gasteiger charge is 2.48. The summed E-state index contributed by atoms with van der Waals surface area (Å²) in [6, 6.07) is 14.7. The molecule has 24 heavy (non-hydrogen) atoms. The zero-order valence-electron chi connectivity index (χ0n) is 13.2. The van der Waals surface area contributed by atoms with Gasteiger partial charge in [0.15, 0.2) is 0 Å². The first-order chi connectivity index (χ1) is 11.5. The average Bonchev–Trinajstić information content (AvgIpc) is 2.80. The number of benzene rings is 2. The first kappa shape index (κ1) is 15.9. The molecule has 3 rings (SSSR count). The van der Waals surface area contributed by atoms with Crippen molar-refractivity contribution in [1.29, 1.82) is 0 Å². The minimum absolute atomic E-state index is 0.177. The van der Waals surface area contributed by atoms with Gasteiger partial charge in [0.25, 0.3) is 5.91 Å². The molecule has 1 heterocycles. The molecule has 0 spiro atoms. The molecule has 5 heteroatoms. The summed E-state index contributed by atoms with van der Waals surface area (Å²) in [6.45, 7) is 1.80. The molecule has 1 N–H and O–H groups in total. The minimum Gasteiger partial charge on any atom is -0.319 e. The van der Waals surface area contributed by atoms with Gasteiger partial charge >= 0.3 is 6.03 Å². The Labute approximate surface area is 139 Å². The van der Waals surface area contributed by atoms with Crippen LogP contribution in [-0.4, -0.2) is 23.4 Å². The van der Waals surface area contributed by atoms with Crippen LogP contribution in [0.5, 0.6) is 0 Å². The van der Waals surface area contributed by atoms with Gasteiger partial charge in [0.2, 0.25) is 0 Å². The molecule has 1 fully saturated rings. The van der Waals surface area contributed by atoms with Crippen LogP contribution in [0.15, 0.2) is 60.7 Å². The number of rotatable bonds is 4. The Morgan fingerprint density at radius 1 is 1.08 bits per heavy atom. The Morgan fingerprint density at radius 2 is 1.75 bits per heavy atom. The lowest BCUT2D eigenvalue weighted by atomic mass is 9.92. The van der Waals surface area contributed by atoms with Gasteiger partial charge in [0.05, 0.1) is 0 Å². The van der Waals surface area contributed by atoms with Gasteiger partial charge < -0.3 is 5.32 Å². The molecular formula is C19H17FN2O2. The van der Waals surface area contributed by atoms with Gasteiger partial charge in [-0.2, -0.15) is 0 Å². The van der Waals surface area contributed by atoms with Crippen molar-refractivity contribution in [2.75, 3.05) is 6.54 Å². The number of carbonyl (C=O) groups is 2. The summed E-state index contributed by atoms with van der Waals surface area (Å²) in [5.41, 5.74) is 0.369. The summed E-state index contributed by atoms with van der Waals surface area (Å²) < 4.78 is 13.1. The molecule has 1 aliphatic heterocycles. The van der Waals surface area contributed by atoms with E-state index in [0.717, 1.165) is 10.5 Å². The number of urea groups is 1. The topological polar surface area (TPSA) is 49.4 Å². The second kappa shape index (κ2) is 6.28. The van der Waals surface area contributed by atoms with Crippen LogP contribution in [0.2, 0.25) is 0 Å². The van der Waals surface area contributed by atoms with Crippen LogP contribution in [0.4, 0.5) is 9.18 Å². The van der Waals surface area contributed by atoms with Crippen LogP contribution < -0.4 is 5.32 Å². The highest BCUT2D eigenvalue weighted by molar-refractivity contribution is 6.07. The fourth-order valence-corrected chi connectivity index (χ4v) is 2.70. The molecule has 2 aromatic carbocycles. The molecule has 3 amide bonds. The van der Waals surface area contributed by atoms with E-state index in [4.69, 9.17) is 0 Å². The van der Waals surface area contributed by atoms with Crippen LogP contribution in [0.3, 0.4) is 0 Å². The number of imide groups is 1. The fourth-order valence-electron chi connectivity index (χ4n) is 2.70. The number of nitrogens with zero attached hydrogens (tertiary/aromatic N) is 1. The van der Waals surface area contributed by atoms with Crippen molar-refractivity contribution in [3.05, 3.63) is 77.6 Å². The predicted octanol–water partition coefficient (Wildman–Crippen LogP) is 3.31. The second-order valence-corrected chi connectivity index (χ2v) is 5.79. The SMILES string of the molecule is CC1(c2ccc(F)cc2)NC(=O)N(C/C=C/c2ccccc2)C1=O. The van der Waals surface area contributed by atoms with Crippen molar-refractivity contribution in [3.8, 4) is 0 Å². The number of hydrogen-bond donors (Lipinski definition) is 1. The van der Waals surface area contributed by atoms with E-state index in [1.807, 2.05) is 36.4 Å². The van der Waals surface area contributed by atoms with Crippen molar-refractivity contribution in [1.82, 2.24) is 10.2 Å². The van der Waals surface area contributed by atoms with Crippen molar-refractivity contribution < 1.29 is 14.0 Å². The van der Waals surface area contributed by atoms with E-state index in [0.29, 0.717) is 5.56 Å². The molecule has 0 radical (unpaired) electrons. The summed E-state index contributed by atoms with van der Waals surface area (Å²) in [5.74, 6) is -0.737. The maximum Gasteiger partial charge on any atom is 0.325 e. The highest BCUT2D eigenvalue weighted by atomic mass is 19.1. The zero-order chi connectivity index (χ0) is 17.2. The van der Waals surface area contributed by atoms with Crippen LogP contribution in [-0.2, 0) is 10.3 Å². The first-order valence-corrected chi connectivity index (χ1v) is 7.62. The summed E-state index contributed by atoms with van der Waals surface area (Å²) >= 11 is 0. The van der Waals surface area contributed by atoms with E-state index in [1.54, 1.807) is 13.0 Å². The van der Waals surface area contributed by atoms with Gasteiger partial charge in [-0.25, -0.2) is 9.18 Å². The van der Waals surface area contributed by atoms with Crippen molar-refractivity contribution in [3.63, 3.8) is 0 Å². The Bertz CT molecular complexity index is 787. The van der Waals surface area contributed by atoms with E-state index in [2.05, 4.69) is 5.32 Å². The number of nitrogens with one attached hydrogen (secondary N) is 1. The molecule has 2 aromatic rings. The second-order valence-electron chi connectivity index (χ2n) is 5.79. The van der Waals surface area contributed by atoms with Gasteiger partial charge in [-0.3, -0.25) is 9.69 Å². The molecule has 1 unspecified atom stereocenters. The van der Waals surface area contributed by atoms with E-state index >= 15 is 0 Å². The lowest BCUT2D eigenvalue weighted by molar-refractivity contribution is -0.130. The van der Waals surface area contributed by atoms with Crippen LogP contribution in [0, 0.1) is 5.82 Å². The molecule has 0 saturated carbocycles. The molecule has 1 atom stereocenters. The van der Waals surface area contributed by atoms with Gasteiger partial charge in [-0.15, -0.1) is 0 Å². The van der Waals surface area contributed by atoms with Crippen LogP contribution in [0.1, 0.15) is 18.1 Å². The third-order valence-electron chi connectivity index (χ3n) is 4.09. The molecule has 0 bridgehead atoms. The molecule has 0 aliphatic carbocycles. The van der Waals surface area contributed by atoms with Gasteiger partial charge in [0.1, 0.15) is 11.4 Å². The molecule has 0 aromatic heterocycles. The highest BCUT2D eigenvalue weighted by Crippen LogP contribution is 2.28. The lowest BCUT2D eigenvalue weighted by Gasteiger charge is -2.21. The Morgan fingerprint density at radius 3 is 2.42 bits per heavy atom. The van der Waals surface area contributed by atoms with Crippen LogP contribution >= 0.6 is 0 Å². The molecule has 1 saturated heterocycles. The Hall–Kier alpha value is -2.95. The summed E-state index contributed by atoms with van der Waals surface area (Å²) in [7, 11) is 0. The minimum atomic E-state index is -1.18. The summed E-state index contributed by atoms with van der Waals surface area (Å²) in [5, 5.41) is 2.70. The van der Waals surface area contributed by atoms with Crippen LogP contribution in [0.25, 0.3) is 6.08 Å². The normalized spacial score (nSPS) is 20.7. The Balaban J connectivity index is 1.76. The third kappa shape index (κ3) is 2.93. The summed E-state index contributed by atoms with van der Waals surface area (Å²) in [6.07, 6.45) is 3.62. The molecule has 122 valence electrons. The standard InChI is InChI=1S/C19H17FN2O2/c1-19(15-9-11-16(20)12-10-15)17(23)22(18(24)21-19)13-5-8-14-6-3-2-4-7-14/h2-12H,13H2,1H3,(H,21,24)/b8-5+. The predicted molar refractivity (Wildman–Crippen MR) is 89.5 cm³/mol. The number of halogens is 1. The molecular weight excluding hydrogens is 307 g/mol. The monoisotopic (exact) mass is 324 g/mol. The number of hydrogen-bond acceptors (Lipinski definition) is 2.